The Labute approximate surface area is 115 Å². The van der Waals surface area contributed by atoms with Gasteiger partial charge in [0, 0.05) is 11.8 Å². The predicted molar refractivity (Wildman–Crippen MR) is 72.3 cm³/mol. The largest absolute Gasteiger partial charge is 0.296 e. The van der Waals surface area contributed by atoms with Crippen molar-refractivity contribution < 1.29 is 14.4 Å². The first kappa shape index (κ1) is 12.5. The van der Waals surface area contributed by atoms with Crippen LogP contribution in [0.25, 0.3) is 10.9 Å². The topological polar surface area (TPSA) is 76.1 Å². The maximum absolute atomic E-state index is 12.0. The number of amides is 2. The van der Waals surface area contributed by atoms with Crippen LogP contribution in [0, 0.1) is 0 Å². The molecular weight excluding hydrogens is 256 g/mol. The Morgan fingerprint density at radius 3 is 2.80 bits per heavy atom. The van der Waals surface area contributed by atoms with E-state index in [0.717, 1.165) is 10.9 Å². The van der Waals surface area contributed by atoms with Crippen LogP contribution in [0.15, 0.2) is 30.3 Å². The van der Waals surface area contributed by atoms with E-state index in [1.54, 1.807) is 12.1 Å². The second kappa shape index (κ2) is 4.85. The molecule has 1 aliphatic rings. The summed E-state index contributed by atoms with van der Waals surface area (Å²) in [4.78, 5) is 38.3. The molecule has 1 aliphatic heterocycles. The number of fused-ring (bicyclic) bond motifs is 1. The number of hydrogen-bond acceptors (Lipinski definition) is 4. The molecular formula is C15H12N2O3. The molecule has 1 atom stereocenters. The summed E-state index contributed by atoms with van der Waals surface area (Å²) in [5.41, 5.74) is 1.74. The van der Waals surface area contributed by atoms with Gasteiger partial charge >= 0.3 is 0 Å². The van der Waals surface area contributed by atoms with Gasteiger partial charge < -0.3 is 0 Å². The molecule has 5 heteroatoms. The Kier molecular flexibility index (Phi) is 3.02. The average molecular weight is 268 g/mol. The highest BCUT2D eigenvalue weighted by Crippen LogP contribution is 2.29. The predicted octanol–water partition coefficient (Wildman–Crippen LogP) is 1.57. The maximum Gasteiger partial charge on any atom is 0.234 e. The molecule has 2 amide bonds. The molecule has 1 aromatic heterocycles. The number of aromatic nitrogens is 1. The Balaban J connectivity index is 2.13. The van der Waals surface area contributed by atoms with Crippen LogP contribution < -0.4 is 5.32 Å². The summed E-state index contributed by atoms with van der Waals surface area (Å²) in [6, 6.07) is 9.00. The lowest BCUT2D eigenvalue weighted by Gasteiger charge is -2.22. The summed E-state index contributed by atoms with van der Waals surface area (Å²) in [5, 5.41) is 3.22. The van der Waals surface area contributed by atoms with Crippen molar-refractivity contribution in [2.45, 2.75) is 18.8 Å². The number of carbonyl (C=O) groups excluding carboxylic acids is 3. The monoisotopic (exact) mass is 268 g/mol. The number of hydrogen-bond donors (Lipinski definition) is 1. The number of piperidine rings is 1. The van der Waals surface area contributed by atoms with E-state index in [9.17, 15) is 14.4 Å². The minimum absolute atomic E-state index is 0.243. The van der Waals surface area contributed by atoms with Gasteiger partial charge in [0.2, 0.25) is 11.8 Å². The summed E-state index contributed by atoms with van der Waals surface area (Å²) in [6.45, 7) is 0. The fourth-order valence-electron chi connectivity index (χ4n) is 2.52. The summed E-state index contributed by atoms with van der Waals surface area (Å²) < 4.78 is 0. The van der Waals surface area contributed by atoms with E-state index < -0.39 is 5.92 Å². The molecule has 0 spiro atoms. The molecule has 1 fully saturated rings. The number of para-hydroxylation sites is 1. The van der Waals surface area contributed by atoms with E-state index in [1.165, 1.54) is 0 Å². The second-order valence-electron chi connectivity index (χ2n) is 4.78. The smallest absolute Gasteiger partial charge is 0.234 e. The Bertz CT molecular complexity index is 724. The number of rotatable bonds is 2. The fraction of sp³-hybridized carbons (Fsp3) is 0.200. The highest BCUT2D eigenvalue weighted by atomic mass is 16.2. The standard InChI is InChI=1S/C15H12N2O3/c18-8-10-5-4-9-2-1-3-11(14(9)16-10)12-6-7-13(19)17-15(12)20/h1-5,8,12H,6-7H2,(H,17,19,20). The van der Waals surface area contributed by atoms with Gasteiger partial charge in [-0.1, -0.05) is 24.3 Å². The van der Waals surface area contributed by atoms with Crippen molar-refractivity contribution in [2.75, 3.05) is 0 Å². The molecule has 0 saturated carbocycles. The van der Waals surface area contributed by atoms with E-state index >= 15 is 0 Å². The molecule has 2 aromatic rings. The number of nitrogens with zero attached hydrogens (tertiary/aromatic N) is 1. The SMILES string of the molecule is O=Cc1ccc2cccc(C3CCC(=O)NC3=O)c2n1. The second-order valence-corrected chi connectivity index (χ2v) is 4.78. The molecule has 0 radical (unpaired) electrons. The van der Waals surface area contributed by atoms with Gasteiger partial charge in [-0.25, -0.2) is 4.98 Å². The van der Waals surface area contributed by atoms with Crippen molar-refractivity contribution in [3.05, 3.63) is 41.6 Å². The molecule has 1 N–H and O–H groups in total. The van der Waals surface area contributed by atoms with Crippen LogP contribution in [-0.4, -0.2) is 23.1 Å². The number of nitrogens with one attached hydrogen (secondary N) is 1. The molecule has 5 nitrogen and oxygen atoms in total. The van der Waals surface area contributed by atoms with E-state index in [2.05, 4.69) is 10.3 Å². The first-order valence-electron chi connectivity index (χ1n) is 6.37. The van der Waals surface area contributed by atoms with Gasteiger partial charge in [0.15, 0.2) is 6.29 Å². The third kappa shape index (κ3) is 2.07. The number of imide groups is 1. The van der Waals surface area contributed by atoms with Crippen molar-refractivity contribution in [2.24, 2.45) is 0 Å². The first-order chi connectivity index (χ1) is 9.69. The zero-order valence-corrected chi connectivity index (χ0v) is 10.6. The van der Waals surface area contributed by atoms with Crippen LogP contribution in [0.4, 0.5) is 0 Å². The van der Waals surface area contributed by atoms with Gasteiger partial charge in [0.1, 0.15) is 5.69 Å². The van der Waals surface area contributed by atoms with Crippen LogP contribution in [0.1, 0.15) is 34.8 Å². The highest BCUT2D eigenvalue weighted by Gasteiger charge is 2.29. The summed E-state index contributed by atoms with van der Waals surface area (Å²) in [6.07, 6.45) is 1.47. The quantitative estimate of drug-likeness (QED) is 0.662. The van der Waals surface area contributed by atoms with Crippen LogP contribution >= 0.6 is 0 Å². The Morgan fingerprint density at radius 2 is 2.05 bits per heavy atom. The summed E-state index contributed by atoms with van der Waals surface area (Å²) >= 11 is 0. The van der Waals surface area contributed by atoms with Crippen molar-refractivity contribution in [3.8, 4) is 0 Å². The molecule has 1 saturated heterocycles. The molecule has 100 valence electrons. The van der Waals surface area contributed by atoms with Crippen molar-refractivity contribution in [1.82, 2.24) is 10.3 Å². The van der Waals surface area contributed by atoms with E-state index in [0.29, 0.717) is 30.3 Å². The third-order valence-corrected chi connectivity index (χ3v) is 3.51. The summed E-state index contributed by atoms with van der Waals surface area (Å²) in [5.74, 6) is -0.939. The van der Waals surface area contributed by atoms with Gasteiger partial charge in [-0.3, -0.25) is 19.7 Å². The molecule has 1 aromatic carbocycles. The van der Waals surface area contributed by atoms with Gasteiger partial charge in [-0.15, -0.1) is 0 Å². The lowest BCUT2D eigenvalue weighted by Crippen LogP contribution is -2.39. The zero-order valence-electron chi connectivity index (χ0n) is 10.6. The highest BCUT2D eigenvalue weighted by molar-refractivity contribution is 6.02. The lowest BCUT2D eigenvalue weighted by atomic mass is 9.89. The van der Waals surface area contributed by atoms with Gasteiger partial charge in [0.05, 0.1) is 11.4 Å². The van der Waals surface area contributed by atoms with Crippen LogP contribution in [0.5, 0.6) is 0 Å². The molecule has 0 bridgehead atoms. The first-order valence-corrected chi connectivity index (χ1v) is 6.37. The average Bonchev–Trinajstić information content (AvgIpc) is 2.46. The third-order valence-electron chi connectivity index (χ3n) is 3.51. The van der Waals surface area contributed by atoms with Gasteiger partial charge in [-0.05, 0) is 18.1 Å². The molecule has 0 aliphatic carbocycles. The van der Waals surface area contributed by atoms with Gasteiger partial charge in [0.25, 0.3) is 0 Å². The van der Waals surface area contributed by atoms with E-state index in [1.807, 2.05) is 18.2 Å². The summed E-state index contributed by atoms with van der Waals surface area (Å²) in [7, 11) is 0. The molecule has 1 unspecified atom stereocenters. The van der Waals surface area contributed by atoms with E-state index in [4.69, 9.17) is 0 Å². The van der Waals surface area contributed by atoms with Crippen molar-refractivity contribution in [3.63, 3.8) is 0 Å². The van der Waals surface area contributed by atoms with Crippen molar-refractivity contribution in [1.29, 1.82) is 0 Å². The molecule has 2 heterocycles. The van der Waals surface area contributed by atoms with Gasteiger partial charge in [-0.2, -0.15) is 0 Å². The Morgan fingerprint density at radius 1 is 1.20 bits per heavy atom. The number of benzene rings is 1. The molecule has 3 rings (SSSR count). The van der Waals surface area contributed by atoms with Crippen LogP contribution in [0.3, 0.4) is 0 Å². The maximum atomic E-state index is 12.0. The molecule has 20 heavy (non-hydrogen) atoms. The number of carbonyl (C=O) groups is 3. The Hall–Kier alpha value is -2.56. The number of pyridine rings is 1. The van der Waals surface area contributed by atoms with Crippen molar-refractivity contribution >= 4 is 29.0 Å². The minimum atomic E-state index is -0.397. The number of aldehydes is 1. The zero-order chi connectivity index (χ0) is 14.1. The van der Waals surface area contributed by atoms with E-state index in [-0.39, 0.29) is 11.8 Å². The normalized spacial score (nSPS) is 18.9. The van der Waals surface area contributed by atoms with Crippen LogP contribution in [-0.2, 0) is 9.59 Å². The minimum Gasteiger partial charge on any atom is -0.296 e. The lowest BCUT2D eigenvalue weighted by molar-refractivity contribution is -0.134. The fourth-order valence-corrected chi connectivity index (χ4v) is 2.52. The van der Waals surface area contributed by atoms with Crippen LogP contribution in [0.2, 0.25) is 0 Å².